The van der Waals surface area contributed by atoms with Crippen LogP contribution < -0.4 is 5.32 Å². The van der Waals surface area contributed by atoms with Crippen LogP contribution in [0.5, 0.6) is 0 Å². The maximum absolute atomic E-state index is 12.2. The number of hydrogen-bond acceptors (Lipinski definition) is 6. The van der Waals surface area contributed by atoms with E-state index in [1.807, 2.05) is 36.4 Å². The number of pyridine rings is 1. The molecule has 1 aliphatic rings. The Morgan fingerprint density at radius 1 is 1.23 bits per heavy atom. The van der Waals surface area contributed by atoms with Gasteiger partial charge >= 0.3 is 6.03 Å². The molecule has 1 fully saturated rings. The van der Waals surface area contributed by atoms with Gasteiger partial charge in [0.25, 0.3) is 0 Å². The molecule has 3 rings (SSSR count). The Morgan fingerprint density at radius 3 is 2.59 bits per heavy atom. The van der Waals surface area contributed by atoms with Gasteiger partial charge in [-0.2, -0.15) is 0 Å². The zero-order chi connectivity index (χ0) is 15.4. The van der Waals surface area contributed by atoms with Gasteiger partial charge in [-0.25, -0.2) is 4.79 Å². The summed E-state index contributed by atoms with van der Waals surface area (Å²) >= 11 is 1.39. The van der Waals surface area contributed by atoms with Crippen LogP contribution >= 0.6 is 11.3 Å². The second kappa shape index (κ2) is 6.80. The first-order valence-electron chi connectivity index (χ1n) is 7.18. The summed E-state index contributed by atoms with van der Waals surface area (Å²) in [6, 6.07) is 3.95. The van der Waals surface area contributed by atoms with E-state index in [9.17, 15) is 4.79 Å². The number of aromatic nitrogens is 3. The van der Waals surface area contributed by atoms with E-state index >= 15 is 0 Å². The molecule has 8 heteroatoms. The van der Waals surface area contributed by atoms with Gasteiger partial charge in [0, 0.05) is 45.1 Å². The quantitative estimate of drug-likeness (QED) is 0.930. The highest BCUT2D eigenvalue weighted by atomic mass is 32.1. The lowest BCUT2D eigenvalue weighted by Gasteiger charge is -2.34. The van der Waals surface area contributed by atoms with E-state index in [1.54, 1.807) is 0 Å². The van der Waals surface area contributed by atoms with Crippen molar-refractivity contribution in [1.29, 1.82) is 0 Å². The summed E-state index contributed by atoms with van der Waals surface area (Å²) in [5.41, 5.74) is 1.25. The van der Waals surface area contributed by atoms with Gasteiger partial charge in [0.05, 0.1) is 0 Å². The van der Waals surface area contributed by atoms with Crippen molar-refractivity contribution in [3.05, 3.63) is 35.1 Å². The number of aryl methyl sites for hydroxylation is 1. The van der Waals surface area contributed by atoms with Gasteiger partial charge in [-0.3, -0.25) is 15.2 Å². The van der Waals surface area contributed by atoms with Crippen molar-refractivity contribution in [1.82, 2.24) is 25.0 Å². The van der Waals surface area contributed by atoms with Gasteiger partial charge in [-0.05, 0) is 24.6 Å². The van der Waals surface area contributed by atoms with E-state index in [4.69, 9.17) is 0 Å². The molecule has 0 radical (unpaired) electrons. The average molecular weight is 318 g/mol. The van der Waals surface area contributed by atoms with Crippen LogP contribution in [-0.4, -0.2) is 57.2 Å². The zero-order valence-corrected chi connectivity index (χ0v) is 13.2. The number of piperazine rings is 1. The number of urea groups is 1. The van der Waals surface area contributed by atoms with Crippen LogP contribution in [-0.2, 0) is 6.54 Å². The molecule has 3 heterocycles. The minimum absolute atomic E-state index is 0.0975. The van der Waals surface area contributed by atoms with Crippen LogP contribution in [0.15, 0.2) is 24.5 Å². The lowest BCUT2D eigenvalue weighted by atomic mass is 10.2. The molecule has 1 saturated heterocycles. The van der Waals surface area contributed by atoms with Gasteiger partial charge in [-0.15, -0.1) is 10.2 Å². The second-order valence-corrected chi connectivity index (χ2v) is 6.36. The van der Waals surface area contributed by atoms with Gasteiger partial charge in [0.2, 0.25) is 5.13 Å². The summed E-state index contributed by atoms with van der Waals surface area (Å²) in [6.07, 6.45) is 3.62. The summed E-state index contributed by atoms with van der Waals surface area (Å²) in [5, 5.41) is 12.0. The average Bonchev–Trinajstić information content (AvgIpc) is 2.94. The van der Waals surface area contributed by atoms with Crippen molar-refractivity contribution in [3.63, 3.8) is 0 Å². The Labute approximate surface area is 133 Å². The fourth-order valence-corrected chi connectivity index (χ4v) is 2.95. The first-order chi connectivity index (χ1) is 10.7. The number of nitrogens with zero attached hydrogens (tertiary/aromatic N) is 5. The lowest BCUT2D eigenvalue weighted by Crippen LogP contribution is -2.49. The van der Waals surface area contributed by atoms with Crippen molar-refractivity contribution in [2.45, 2.75) is 13.5 Å². The van der Waals surface area contributed by atoms with Crippen molar-refractivity contribution in [2.24, 2.45) is 0 Å². The van der Waals surface area contributed by atoms with E-state index in [2.05, 4.69) is 25.4 Å². The summed E-state index contributed by atoms with van der Waals surface area (Å²) in [4.78, 5) is 20.4. The molecule has 2 aromatic heterocycles. The van der Waals surface area contributed by atoms with Crippen LogP contribution in [0.25, 0.3) is 0 Å². The van der Waals surface area contributed by atoms with Crippen LogP contribution in [0.3, 0.4) is 0 Å². The Morgan fingerprint density at radius 2 is 1.95 bits per heavy atom. The molecule has 7 nitrogen and oxygen atoms in total. The van der Waals surface area contributed by atoms with Crippen molar-refractivity contribution in [3.8, 4) is 0 Å². The molecule has 0 atom stereocenters. The standard InChI is InChI=1S/C14H18N6OS/c1-11-17-18-13(22-11)16-14(21)20-8-6-19(7-9-20)10-12-2-4-15-5-3-12/h2-5H,6-10H2,1H3,(H,16,18,21). The summed E-state index contributed by atoms with van der Waals surface area (Å²) < 4.78 is 0. The molecule has 1 aliphatic heterocycles. The summed E-state index contributed by atoms with van der Waals surface area (Å²) in [5.74, 6) is 0. The number of hydrogen-bond donors (Lipinski definition) is 1. The number of carbonyl (C=O) groups is 1. The monoisotopic (exact) mass is 318 g/mol. The molecule has 0 unspecified atom stereocenters. The van der Waals surface area contributed by atoms with Crippen molar-refractivity contribution < 1.29 is 4.79 Å². The minimum atomic E-state index is -0.0975. The molecular formula is C14H18N6OS. The van der Waals surface area contributed by atoms with Crippen LogP contribution in [0.1, 0.15) is 10.6 Å². The molecular weight excluding hydrogens is 300 g/mol. The molecule has 0 spiro atoms. The second-order valence-electron chi connectivity index (χ2n) is 5.18. The topological polar surface area (TPSA) is 74.2 Å². The third-order valence-electron chi connectivity index (χ3n) is 3.55. The molecule has 0 aliphatic carbocycles. The predicted molar refractivity (Wildman–Crippen MR) is 84.8 cm³/mol. The van der Waals surface area contributed by atoms with E-state index in [1.165, 1.54) is 16.9 Å². The molecule has 0 aromatic carbocycles. The van der Waals surface area contributed by atoms with Crippen LogP contribution in [0, 0.1) is 6.92 Å². The van der Waals surface area contributed by atoms with E-state index < -0.39 is 0 Å². The van der Waals surface area contributed by atoms with E-state index in [0.717, 1.165) is 24.6 Å². The number of nitrogens with one attached hydrogen (secondary N) is 1. The molecule has 2 aromatic rings. The van der Waals surface area contributed by atoms with E-state index in [0.29, 0.717) is 18.2 Å². The van der Waals surface area contributed by atoms with Gasteiger partial charge in [0.15, 0.2) is 0 Å². The summed E-state index contributed by atoms with van der Waals surface area (Å²) in [7, 11) is 0. The van der Waals surface area contributed by atoms with Crippen molar-refractivity contribution >= 4 is 22.5 Å². The molecule has 1 N–H and O–H groups in total. The Bertz CT molecular complexity index is 623. The Hall–Kier alpha value is -2.06. The van der Waals surface area contributed by atoms with Gasteiger partial charge in [-0.1, -0.05) is 11.3 Å². The fourth-order valence-electron chi connectivity index (χ4n) is 2.37. The Kier molecular flexibility index (Phi) is 4.59. The van der Waals surface area contributed by atoms with Gasteiger partial charge < -0.3 is 4.90 Å². The largest absolute Gasteiger partial charge is 0.323 e. The SMILES string of the molecule is Cc1nnc(NC(=O)N2CCN(Cc3ccncc3)CC2)s1. The summed E-state index contributed by atoms with van der Waals surface area (Å²) in [6.45, 7) is 5.93. The highest BCUT2D eigenvalue weighted by Crippen LogP contribution is 2.15. The van der Waals surface area contributed by atoms with Crippen LogP contribution in [0.4, 0.5) is 9.93 Å². The highest BCUT2D eigenvalue weighted by Gasteiger charge is 2.21. The maximum atomic E-state index is 12.2. The number of rotatable bonds is 3. The fraction of sp³-hybridized carbons (Fsp3) is 0.429. The minimum Gasteiger partial charge on any atom is -0.322 e. The Balaban J connectivity index is 1.48. The first kappa shape index (κ1) is 14.9. The smallest absolute Gasteiger partial charge is 0.322 e. The third-order valence-corrected chi connectivity index (χ3v) is 4.31. The van der Waals surface area contributed by atoms with Gasteiger partial charge in [0.1, 0.15) is 5.01 Å². The molecule has 116 valence electrons. The molecule has 2 amide bonds. The third kappa shape index (κ3) is 3.77. The highest BCUT2D eigenvalue weighted by molar-refractivity contribution is 7.15. The number of amides is 2. The number of carbonyl (C=O) groups excluding carboxylic acids is 1. The lowest BCUT2D eigenvalue weighted by molar-refractivity contribution is 0.143. The normalized spacial score (nSPS) is 15.8. The molecule has 0 saturated carbocycles. The van der Waals surface area contributed by atoms with E-state index in [-0.39, 0.29) is 6.03 Å². The zero-order valence-electron chi connectivity index (χ0n) is 12.4. The molecule has 0 bridgehead atoms. The van der Waals surface area contributed by atoms with Crippen LogP contribution in [0.2, 0.25) is 0 Å². The maximum Gasteiger partial charge on any atom is 0.323 e. The molecule has 22 heavy (non-hydrogen) atoms. The number of anilines is 1. The first-order valence-corrected chi connectivity index (χ1v) is 7.99. The predicted octanol–water partition coefficient (Wildman–Crippen LogP) is 1.59. The van der Waals surface area contributed by atoms with Crippen molar-refractivity contribution in [2.75, 3.05) is 31.5 Å².